The number of nitrogens with one attached hydrogen (secondary N) is 2. The van der Waals surface area contributed by atoms with E-state index in [0.717, 1.165) is 25.3 Å². The van der Waals surface area contributed by atoms with Gasteiger partial charge in [-0.1, -0.05) is 6.42 Å². The third kappa shape index (κ3) is 4.43. The van der Waals surface area contributed by atoms with Crippen molar-refractivity contribution in [2.24, 2.45) is 5.92 Å². The normalized spacial score (nSPS) is 21.4. The lowest BCUT2D eigenvalue weighted by Crippen LogP contribution is -2.35. The van der Waals surface area contributed by atoms with Crippen molar-refractivity contribution in [3.8, 4) is 6.07 Å². The van der Waals surface area contributed by atoms with Crippen LogP contribution in [0.4, 0.5) is 14.9 Å². The van der Waals surface area contributed by atoms with Crippen molar-refractivity contribution in [2.45, 2.75) is 31.8 Å². The smallest absolute Gasteiger partial charge is 0.319 e. The Morgan fingerprint density at radius 3 is 3.00 bits per heavy atom. The van der Waals surface area contributed by atoms with Crippen LogP contribution >= 0.6 is 0 Å². The zero-order valence-corrected chi connectivity index (χ0v) is 11.6. The summed E-state index contributed by atoms with van der Waals surface area (Å²) < 4.78 is 13.2. The Hall–Kier alpha value is -2.13. The predicted octanol–water partition coefficient (Wildman–Crippen LogP) is 2.37. The van der Waals surface area contributed by atoms with Gasteiger partial charge in [-0.15, -0.1) is 0 Å². The first-order valence-electron chi connectivity index (χ1n) is 7.01. The number of halogens is 1. The molecule has 21 heavy (non-hydrogen) atoms. The number of aliphatic hydroxyl groups is 1. The lowest BCUT2D eigenvalue weighted by molar-refractivity contribution is 0.101. The molecule has 0 spiro atoms. The molecular formula is C15H18FN3O2. The maximum Gasteiger partial charge on any atom is 0.319 e. The van der Waals surface area contributed by atoms with E-state index >= 15 is 0 Å². The van der Waals surface area contributed by atoms with Crippen molar-refractivity contribution in [1.29, 1.82) is 5.26 Å². The van der Waals surface area contributed by atoms with Gasteiger partial charge >= 0.3 is 6.03 Å². The summed E-state index contributed by atoms with van der Waals surface area (Å²) in [5, 5.41) is 23.6. The summed E-state index contributed by atoms with van der Waals surface area (Å²) in [5.74, 6) is -0.331. The van der Waals surface area contributed by atoms with Crippen LogP contribution in [0.2, 0.25) is 0 Å². The van der Waals surface area contributed by atoms with Gasteiger partial charge in [0.05, 0.1) is 11.7 Å². The molecule has 0 radical (unpaired) electrons. The average molecular weight is 291 g/mol. The fourth-order valence-electron chi connectivity index (χ4n) is 2.55. The second-order valence-corrected chi connectivity index (χ2v) is 5.33. The van der Waals surface area contributed by atoms with Crippen LogP contribution in [0.5, 0.6) is 0 Å². The first kappa shape index (κ1) is 15.3. The van der Waals surface area contributed by atoms with Crippen molar-refractivity contribution in [2.75, 3.05) is 11.9 Å². The Morgan fingerprint density at radius 1 is 1.48 bits per heavy atom. The molecule has 1 fully saturated rings. The molecule has 6 heteroatoms. The molecule has 1 saturated carbocycles. The van der Waals surface area contributed by atoms with Gasteiger partial charge in [0, 0.05) is 12.2 Å². The van der Waals surface area contributed by atoms with Gasteiger partial charge in [-0.25, -0.2) is 9.18 Å². The molecule has 0 bridgehead atoms. The lowest BCUT2D eigenvalue weighted by atomic mass is 9.87. The number of anilines is 1. The lowest BCUT2D eigenvalue weighted by Gasteiger charge is -2.25. The predicted molar refractivity (Wildman–Crippen MR) is 76.1 cm³/mol. The number of nitriles is 1. The summed E-state index contributed by atoms with van der Waals surface area (Å²) in [6, 6.07) is 5.16. The van der Waals surface area contributed by atoms with Crippen molar-refractivity contribution >= 4 is 11.7 Å². The number of hydrogen-bond donors (Lipinski definition) is 3. The van der Waals surface area contributed by atoms with E-state index in [1.807, 2.05) is 0 Å². The topological polar surface area (TPSA) is 85.2 Å². The second kappa shape index (κ2) is 7.04. The fourth-order valence-corrected chi connectivity index (χ4v) is 2.55. The van der Waals surface area contributed by atoms with Gasteiger partial charge in [-0.3, -0.25) is 0 Å². The van der Waals surface area contributed by atoms with E-state index in [1.165, 1.54) is 12.1 Å². The largest absolute Gasteiger partial charge is 0.393 e. The van der Waals surface area contributed by atoms with Gasteiger partial charge in [-0.05, 0) is 43.4 Å². The minimum Gasteiger partial charge on any atom is -0.393 e. The van der Waals surface area contributed by atoms with Gasteiger partial charge in [0.25, 0.3) is 0 Å². The zero-order chi connectivity index (χ0) is 15.2. The molecule has 1 aromatic rings. The number of aliphatic hydroxyl groups excluding tert-OH is 1. The van der Waals surface area contributed by atoms with Crippen LogP contribution in [-0.2, 0) is 0 Å². The van der Waals surface area contributed by atoms with E-state index in [2.05, 4.69) is 10.6 Å². The van der Waals surface area contributed by atoms with Crippen molar-refractivity contribution in [1.82, 2.24) is 5.32 Å². The van der Waals surface area contributed by atoms with Crippen LogP contribution in [0, 0.1) is 23.1 Å². The number of carbonyl (C=O) groups is 1. The summed E-state index contributed by atoms with van der Waals surface area (Å²) in [7, 11) is 0. The quantitative estimate of drug-likeness (QED) is 0.799. The van der Waals surface area contributed by atoms with Crippen LogP contribution < -0.4 is 10.6 Å². The average Bonchev–Trinajstić information content (AvgIpc) is 2.47. The number of amides is 2. The van der Waals surface area contributed by atoms with Crippen LogP contribution in [0.1, 0.15) is 31.2 Å². The fraction of sp³-hybridized carbons (Fsp3) is 0.467. The van der Waals surface area contributed by atoms with Gasteiger partial charge in [-0.2, -0.15) is 5.26 Å². The molecular weight excluding hydrogens is 273 g/mol. The second-order valence-electron chi connectivity index (χ2n) is 5.33. The number of urea groups is 1. The van der Waals surface area contributed by atoms with Crippen LogP contribution in [0.25, 0.3) is 0 Å². The highest BCUT2D eigenvalue weighted by Crippen LogP contribution is 2.23. The highest BCUT2D eigenvalue weighted by molar-refractivity contribution is 5.89. The Morgan fingerprint density at radius 2 is 2.29 bits per heavy atom. The highest BCUT2D eigenvalue weighted by atomic mass is 19.1. The molecule has 2 rings (SSSR count). The highest BCUT2D eigenvalue weighted by Gasteiger charge is 2.20. The number of rotatable bonds is 3. The molecule has 1 aromatic carbocycles. The first-order valence-corrected chi connectivity index (χ1v) is 7.01. The first-order chi connectivity index (χ1) is 10.1. The maximum atomic E-state index is 13.2. The number of carbonyl (C=O) groups excluding carboxylic acids is 1. The van der Waals surface area contributed by atoms with Crippen LogP contribution in [-0.4, -0.2) is 23.8 Å². The van der Waals surface area contributed by atoms with Crippen LogP contribution in [0.15, 0.2) is 18.2 Å². The Kier molecular flexibility index (Phi) is 5.12. The Bertz CT molecular complexity index is 556. The van der Waals surface area contributed by atoms with Gasteiger partial charge < -0.3 is 15.7 Å². The number of hydrogen-bond acceptors (Lipinski definition) is 3. The summed E-state index contributed by atoms with van der Waals surface area (Å²) in [4.78, 5) is 11.8. The summed E-state index contributed by atoms with van der Waals surface area (Å²) >= 11 is 0. The molecule has 2 unspecified atom stereocenters. The van der Waals surface area contributed by atoms with Crippen molar-refractivity contribution < 1.29 is 14.3 Å². The Labute approximate surface area is 122 Å². The van der Waals surface area contributed by atoms with E-state index in [4.69, 9.17) is 5.26 Å². The number of nitrogens with zero attached hydrogens (tertiary/aromatic N) is 1. The molecule has 2 amide bonds. The third-order valence-corrected chi connectivity index (χ3v) is 3.65. The third-order valence-electron chi connectivity index (χ3n) is 3.65. The zero-order valence-electron chi connectivity index (χ0n) is 11.6. The van der Waals surface area contributed by atoms with Crippen molar-refractivity contribution in [3.05, 3.63) is 29.6 Å². The molecule has 3 N–H and O–H groups in total. The van der Waals surface area contributed by atoms with Gasteiger partial charge in [0.15, 0.2) is 0 Å². The molecule has 1 aliphatic rings. The summed E-state index contributed by atoms with van der Waals surface area (Å²) in [6.07, 6.45) is 3.22. The van der Waals surface area contributed by atoms with Gasteiger partial charge in [0.2, 0.25) is 0 Å². The molecule has 1 aliphatic carbocycles. The van der Waals surface area contributed by atoms with Gasteiger partial charge in [0.1, 0.15) is 11.9 Å². The maximum absolute atomic E-state index is 13.2. The monoisotopic (exact) mass is 291 g/mol. The summed E-state index contributed by atoms with van der Waals surface area (Å²) in [6.45, 7) is 0.495. The van der Waals surface area contributed by atoms with E-state index < -0.39 is 11.8 Å². The Balaban J connectivity index is 1.83. The van der Waals surface area contributed by atoms with E-state index in [1.54, 1.807) is 6.07 Å². The van der Waals surface area contributed by atoms with E-state index in [-0.39, 0.29) is 17.6 Å². The van der Waals surface area contributed by atoms with Crippen LogP contribution in [0.3, 0.4) is 0 Å². The molecule has 112 valence electrons. The van der Waals surface area contributed by atoms with Crippen molar-refractivity contribution in [3.63, 3.8) is 0 Å². The molecule has 5 nitrogen and oxygen atoms in total. The summed E-state index contributed by atoms with van der Waals surface area (Å²) in [5.41, 5.74) is 0.261. The SMILES string of the molecule is N#Cc1cc(NC(=O)NCC2CCCC(O)C2)ccc1F. The molecule has 0 aliphatic heterocycles. The molecule has 2 atom stereocenters. The van der Waals surface area contributed by atoms with E-state index in [9.17, 15) is 14.3 Å². The molecule has 0 saturated heterocycles. The molecule has 0 heterocycles. The molecule has 0 aromatic heterocycles. The van der Waals surface area contributed by atoms with E-state index in [0.29, 0.717) is 18.7 Å². The minimum atomic E-state index is -0.611. The standard InChI is InChI=1S/C15H18FN3O2/c16-14-5-4-12(7-11(14)8-17)19-15(21)18-9-10-2-1-3-13(20)6-10/h4-5,7,10,13,20H,1-3,6,9H2,(H2,18,19,21). The number of benzene rings is 1. The minimum absolute atomic E-state index is 0.108.